The first-order chi connectivity index (χ1) is 7.42. The molecule has 0 saturated carbocycles. The van der Waals surface area contributed by atoms with Crippen LogP contribution in [0.25, 0.3) is 10.8 Å². The van der Waals surface area contributed by atoms with Gasteiger partial charge in [0, 0.05) is 5.39 Å². The lowest BCUT2D eigenvalue weighted by molar-refractivity contribution is 0.485. The Balaban J connectivity index is 2.38. The first-order valence-corrected chi connectivity index (χ1v) is 5.21. The molecule has 1 heteroatoms. The molecular formula is C14H14O. The van der Waals surface area contributed by atoms with Crippen molar-refractivity contribution in [2.45, 2.75) is 13.3 Å². The van der Waals surface area contributed by atoms with Gasteiger partial charge in [-0.3, -0.25) is 0 Å². The summed E-state index contributed by atoms with van der Waals surface area (Å²) in [4.78, 5) is 0. The molecule has 2 rings (SSSR count). The van der Waals surface area contributed by atoms with Crippen LogP contribution in [-0.4, -0.2) is 0 Å². The van der Waals surface area contributed by atoms with Gasteiger partial charge in [-0.2, -0.15) is 0 Å². The smallest absolute Gasteiger partial charge is 0.134 e. The predicted octanol–water partition coefficient (Wildman–Crippen LogP) is 4.14. The molecule has 0 amide bonds. The first-order valence-electron chi connectivity index (χ1n) is 5.21. The van der Waals surface area contributed by atoms with Crippen LogP contribution in [0.4, 0.5) is 0 Å². The van der Waals surface area contributed by atoms with E-state index in [0.29, 0.717) is 0 Å². The van der Waals surface area contributed by atoms with Crippen molar-refractivity contribution in [2.24, 2.45) is 0 Å². The van der Waals surface area contributed by atoms with E-state index >= 15 is 0 Å². The van der Waals surface area contributed by atoms with E-state index in [2.05, 4.69) is 25.1 Å². The van der Waals surface area contributed by atoms with Crippen LogP contribution in [-0.2, 0) is 0 Å². The maximum Gasteiger partial charge on any atom is 0.134 e. The summed E-state index contributed by atoms with van der Waals surface area (Å²) in [6.45, 7) is 2.09. The Morgan fingerprint density at radius 1 is 1.07 bits per heavy atom. The summed E-state index contributed by atoms with van der Waals surface area (Å²) >= 11 is 0. The highest BCUT2D eigenvalue weighted by Gasteiger charge is 1.98. The third-order valence-corrected chi connectivity index (χ3v) is 2.28. The molecule has 1 nitrogen and oxygen atoms in total. The summed E-state index contributed by atoms with van der Waals surface area (Å²) in [6, 6.07) is 14.3. The van der Waals surface area contributed by atoms with E-state index in [1.54, 1.807) is 6.26 Å². The van der Waals surface area contributed by atoms with E-state index < -0.39 is 0 Å². The number of fused-ring (bicyclic) bond motifs is 1. The van der Waals surface area contributed by atoms with Gasteiger partial charge in [-0.25, -0.2) is 0 Å². The molecule has 0 unspecified atom stereocenters. The van der Waals surface area contributed by atoms with Gasteiger partial charge in [0.1, 0.15) is 5.75 Å². The number of benzene rings is 2. The zero-order valence-electron chi connectivity index (χ0n) is 8.81. The lowest BCUT2D eigenvalue weighted by atomic mass is 10.1. The van der Waals surface area contributed by atoms with Gasteiger partial charge >= 0.3 is 0 Å². The SMILES string of the molecule is CCC=COc1cccc2ccccc12. The maximum absolute atomic E-state index is 5.58. The second kappa shape index (κ2) is 4.65. The van der Waals surface area contributed by atoms with E-state index in [1.807, 2.05) is 30.3 Å². The minimum absolute atomic E-state index is 0.915. The number of allylic oxidation sites excluding steroid dienone is 1. The molecule has 0 aliphatic rings. The summed E-state index contributed by atoms with van der Waals surface area (Å²) in [7, 11) is 0. The Hall–Kier alpha value is -1.76. The van der Waals surface area contributed by atoms with Crippen molar-refractivity contribution in [3.8, 4) is 5.75 Å². The zero-order chi connectivity index (χ0) is 10.5. The summed E-state index contributed by atoms with van der Waals surface area (Å²) in [5.74, 6) is 0.915. The fraction of sp³-hybridized carbons (Fsp3) is 0.143. The minimum Gasteiger partial charge on any atom is -0.465 e. The van der Waals surface area contributed by atoms with E-state index in [0.717, 1.165) is 17.6 Å². The van der Waals surface area contributed by atoms with Crippen molar-refractivity contribution >= 4 is 10.8 Å². The highest BCUT2D eigenvalue weighted by atomic mass is 16.5. The monoisotopic (exact) mass is 198 g/mol. The summed E-state index contributed by atoms with van der Waals surface area (Å²) in [5.41, 5.74) is 0. The van der Waals surface area contributed by atoms with Crippen LogP contribution in [0.1, 0.15) is 13.3 Å². The normalized spacial score (nSPS) is 11.0. The van der Waals surface area contributed by atoms with E-state index in [9.17, 15) is 0 Å². The average molecular weight is 198 g/mol. The van der Waals surface area contributed by atoms with Crippen LogP contribution in [0.15, 0.2) is 54.8 Å². The Kier molecular flexibility index (Phi) is 3.03. The minimum atomic E-state index is 0.915. The molecule has 0 N–H and O–H groups in total. The van der Waals surface area contributed by atoms with Crippen LogP contribution < -0.4 is 4.74 Å². The second-order valence-electron chi connectivity index (χ2n) is 3.38. The third kappa shape index (κ3) is 2.18. The van der Waals surface area contributed by atoms with Gasteiger partial charge in [-0.1, -0.05) is 43.3 Å². The molecule has 2 aromatic carbocycles. The topological polar surface area (TPSA) is 9.23 Å². The molecule has 0 aromatic heterocycles. The molecule has 0 saturated heterocycles. The molecule has 0 aliphatic heterocycles. The lowest BCUT2D eigenvalue weighted by Gasteiger charge is -2.04. The second-order valence-corrected chi connectivity index (χ2v) is 3.38. The quantitative estimate of drug-likeness (QED) is 0.673. The molecule has 0 bridgehead atoms. The molecular weight excluding hydrogens is 184 g/mol. The largest absolute Gasteiger partial charge is 0.465 e. The molecule has 76 valence electrons. The lowest BCUT2D eigenvalue weighted by Crippen LogP contribution is -1.83. The first kappa shape index (κ1) is 9.78. The molecule has 0 fully saturated rings. The molecule has 0 heterocycles. The molecule has 15 heavy (non-hydrogen) atoms. The van der Waals surface area contributed by atoms with Crippen molar-refractivity contribution in [1.29, 1.82) is 0 Å². The predicted molar refractivity (Wildman–Crippen MR) is 64.0 cm³/mol. The van der Waals surface area contributed by atoms with Crippen molar-refractivity contribution in [1.82, 2.24) is 0 Å². The van der Waals surface area contributed by atoms with Crippen molar-refractivity contribution < 1.29 is 4.74 Å². The summed E-state index contributed by atoms with van der Waals surface area (Å²) in [5, 5.41) is 2.36. The van der Waals surface area contributed by atoms with Crippen LogP contribution in [0.3, 0.4) is 0 Å². The Bertz CT molecular complexity index is 466. The van der Waals surface area contributed by atoms with Crippen molar-refractivity contribution in [3.63, 3.8) is 0 Å². The molecule has 2 aromatic rings. The fourth-order valence-corrected chi connectivity index (χ4v) is 1.52. The average Bonchev–Trinajstić information content (AvgIpc) is 2.30. The fourth-order valence-electron chi connectivity index (χ4n) is 1.52. The van der Waals surface area contributed by atoms with Gasteiger partial charge in [-0.15, -0.1) is 0 Å². The van der Waals surface area contributed by atoms with Gasteiger partial charge in [0.15, 0.2) is 0 Å². The number of hydrogen-bond donors (Lipinski definition) is 0. The maximum atomic E-state index is 5.58. The van der Waals surface area contributed by atoms with E-state index in [4.69, 9.17) is 4.74 Å². The summed E-state index contributed by atoms with van der Waals surface area (Å²) in [6.07, 6.45) is 4.74. The highest BCUT2D eigenvalue weighted by molar-refractivity contribution is 5.88. The van der Waals surface area contributed by atoms with Crippen LogP contribution >= 0.6 is 0 Å². The van der Waals surface area contributed by atoms with Gasteiger partial charge in [0.25, 0.3) is 0 Å². The van der Waals surface area contributed by atoms with Gasteiger partial charge in [0.2, 0.25) is 0 Å². The van der Waals surface area contributed by atoms with Gasteiger partial charge in [0.05, 0.1) is 6.26 Å². The molecule has 0 spiro atoms. The Morgan fingerprint density at radius 2 is 1.87 bits per heavy atom. The Morgan fingerprint density at radius 3 is 2.73 bits per heavy atom. The third-order valence-electron chi connectivity index (χ3n) is 2.28. The van der Waals surface area contributed by atoms with Crippen molar-refractivity contribution in [3.05, 3.63) is 54.8 Å². The van der Waals surface area contributed by atoms with Crippen LogP contribution in [0.2, 0.25) is 0 Å². The molecule has 0 radical (unpaired) electrons. The number of ether oxygens (including phenoxy) is 1. The molecule has 0 aliphatic carbocycles. The number of hydrogen-bond acceptors (Lipinski definition) is 1. The van der Waals surface area contributed by atoms with Gasteiger partial charge < -0.3 is 4.74 Å². The molecule has 0 atom stereocenters. The van der Waals surface area contributed by atoms with Crippen LogP contribution in [0.5, 0.6) is 5.75 Å². The Labute approximate surface area is 90.0 Å². The zero-order valence-corrected chi connectivity index (χ0v) is 8.81. The highest BCUT2D eigenvalue weighted by Crippen LogP contribution is 2.25. The van der Waals surface area contributed by atoms with Gasteiger partial charge in [-0.05, 0) is 23.9 Å². The van der Waals surface area contributed by atoms with Crippen LogP contribution in [0, 0.1) is 0 Å². The standard InChI is InChI=1S/C14H14O/c1-2-3-11-15-14-10-6-8-12-7-4-5-9-13(12)14/h3-11H,2H2,1H3. The number of rotatable bonds is 3. The van der Waals surface area contributed by atoms with Crippen molar-refractivity contribution in [2.75, 3.05) is 0 Å². The van der Waals surface area contributed by atoms with E-state index in [-0.39, 0.29) is 0 Å². The summed E-state index contributed by atoms with van der Waals surface area (Å²) < 4.78 is 5.58. The van der Waals surface area contributed by atoms with E-state index in [1.165, 1.54) is 5.39 Å².